The average Bonchev–Trinajstić information content (AvgIpc) is 2.32. The highest BCUT2D eigenvalue weighted by atomic mass is 79.9. The summed E-state index contributed by atoms with van der Waals surface area (Å²) in [5, 5.41) is 0.475. The van der Waals surface area contributed by atoms with Crippen LogP contribution in [0.3, 0.4) is 0 Å². The molecule has 0 atom stereocenters. The van der Waals surface area contributed by atoms with Crippen LogP contribution < -0.4 is 4.90 Å². The van der Waals surface area contributed by atoms with Gasteiger partial charge >= 0.3 is 0 Å². The van der Waals surface area contributed by atoms with Crippen molar-refractivity contribution >= 4 is 33.3 Å². The zero-order valence-corrected chi connectivity index (χ0v) is 13.4. The van der Waals surface area contributed by atoms with Crippen molar-refractivity contribution in [2.45, 2.75) is 45.6 Å². The van der Waals surface area contributed by atoms with Crippen LogP contribution in [0.4, 0.5) is 5.82 Å². The third-order valence-corrected chi connectivity index (χ3v) is 5.16. The van der Waals surface area contributed by atoms with Gasteiger partial charge in [-0.3, -0.25) is 0 Å². The highest BCUT2D eigenvalue weighted by molar-refractivity contribution is 9.10. The van der Waals surface area contributed by atoms with Gasteiger partial charge in [0.1, 0.15) is 17.3 Å². The van der Waals surface area contributed by atoms with E-state index in [9.17, 15) is 0 Å². The van der Waals surface area contributed by atoms with Gasteiger partial charge in [0.2, 0.25) is 0 Å². The van der Waals surface area contributed by atoms with Crippen molar-refractivity contribution in [3.05, 3.63) is 16.0 Å². The topological polar surface area (TPSA) is 29.0 Å². The lowest BCUT2D eigenvalue weighted by Crippen LogP contribution is -2.37. The molecule has 3 nitrogen and oxygen atoms in total. The maximum absolute atomic E-state index is 6.02. The molecule has 0 bridgehead atoms. The fraction of sp³-hybridized carbons (Fsp3) is 0.692. The molecule has 0 radical (unpaired) electrons. The molecular weight excluding hydrogens is 314 g/mol. The van der Waals surface area contributed by atoms with Gasteiger partial charge in [-0.25, -0.2) is 9.97 Å². The van der Waals surface area contributed by atoms with Crippen molar-refractivity contribution in [3.8, 4) is 0 Å². The highest BCUT2D eigenvalue weighted by Crippen LogP contribution is 2.39. The molecule has 1 aromatic rings. The smallest absolute Gasteiger partial charge is 0.148 e. The molecule has 1 heterocycles. The van der Waals surface area contributed by atoms with Gasteiger partial charge in [-0.2, -0.15) is 0 Å². The normalized spacial score (nSPS) is 19.8. The predicted molar refractivity (Wildman–Crippen MR) is 79.2 cm³/mol. The molecule has 1 aliphatic carbocycles. The monoisotopic (exact) mass is 331 g/mol. The van der Waals surface area contributed by atoms with Crippen molar-refractivity contribution in [1.82, 2.24) is 9.97 Å². The molecule has 2 rings (SSSR count). The third-order valence-electron chi connectivity index (χ3n) is 3.92. The van der Waals surface area contributed by atoms with Crippen LogP contribution in [-0.4, -0.2) is 23.1 Å². The number of anilines is 1. The van der Waals surface area contributed by atoms with E-state index in [1.54, 1.807) is 0 Å². The minimum atomic E-state index is 0.475. The van der Waals surface area contributed by atoms with Crippen molar-refractivity contribution in [2.75, 3.05) is 11.9 Å². The molecule has 0 N–H and O–H groups in total. The van der Waals surface area contributed by atoms with Gasteiger partial charge in [0, 0.05) is 13.1 Å². The van der Waals surface area contributed by atoms with E-state index in [1.807, 2.05) is 0 Å². The Morgan fingerprint density at radius 3 is 2.56 bits per heavy atom. The van der Waals surface area contributed by atoms with Crippen molar-refractivity contribution in [1.29, 1.82) is 0 Å². The van der Waals surface area contributed by atoms with E-state index in [4.69, 9.17) is 11.6 Å². The van der Waals surface area contributed by atoms with Crippen LogP contribution in [0.1, 0.15) is 39.5 Å². The van der Waals surface area contributed by atoms with Crippen molar-refractivity contribution in [2.24, 2.45) is 5.41 Å². The summed E-state index contributed by atoms with van der Waals surface area (Å²) >= 11 is 9.49. The fourth-order valence-corrected chi connectivity index (χ4v) is 3.14. The summed E-state index contributed by atoms with van der Waals surface area (Å²) in [6, 6.07) is 0.542. The Morgan fingerprint density at radius 1 is 1.33 bits per heavy atom. The Kier molecular flexibility index (Phi) is 4.17. The SMILES string of the molecule is CN(c1ncnc(Cl)c1Br)C1CCC(C)(C)CC1. The summed E-state index contributed by atoms with van der Waals surface area (Å²) < 4.78 is 0.791. The maximum atomic E-state index is 6.02. The van der Waals surface area contributed by atoms with Crippen LogP contribution in [0.25, 0.3) is 0 Å². The second kappa shape index (κ2) is 5.33. The van der Waals surface area contributed by atoms with Crippen LogP contribution in [0.2, 0.25) is 5.15 Å². The van der Waals surface area contributed by atoms with E-state index in [2.05, 4.69) is 51.7 Å². The summed E-state index contributed by atoms with van der Waals surface area (Å²) in [7, 11) is 2.09. The molecule has 0 aromatic carbocycles. The summed E-state index contributed by atoms with van der Waals surface area (Å²) in [5.74, 6) is 0.889. The fourth-order valence-electron chi connectivity index (χ4n) is 2.53. The van der Waals surface area contributed by atoms with Crippen LogP contribution in [-0.2, 0) is 0 Å². The quantitative estimate of drug-likeness (QED) is 0.756. The summed E-state index contributed by atoms with van der Waals surface area (Å²) in [5.41, 5.74) is 0.484. The minimum Gasteiger partial charge on any atom is -0.356 e. The second-order valence-corrected chi connectivity index (χ2v) is 6.96. The van der Waals surface area contributed by atoms with Gasteiger partial charge in [0.05, 0.1) is 4.47 Å². The van der Waals surface area contributed by atoms with E-state index in [0.717, 1.165) is 10.3 Å². The zero-order chi connectivity index (χ0) is 13.3. The van der Waals surface area contributed by atoms with Crippen LogP contribution in [0.15, 0.2) is 10.8 Å². The average molecular weight is 333 g/mol. The van der Waals surface area contributed by atoms with Crippen molar-refractivity contribution < 1.29 is 0 Å². The molecule has 0 amide bonds. The molecule has 100 valence electrons. The lowest BCUT2D eigenvalue weighted by atomic mass is 9.75. The van der Waals surface area contributed by atoms with Crippen molar-refractivity contribution in [3.63, 3.8) is 0 Å². The number of hydrogen-bond donors (Lipinski definition) is 0. The first kappa shape index (κ1) is 14.1. The number of halogens is 2. The first-order chi connectivity index (χ1) is 8.41. The molecule has 1 saturated carbocycles. The van der Waals surface area contributed by atoms with Crippen LogP contribution in [0.5, 0.6) is 0 Å². The largest absolute Gasteiger partial charge is 0.356 e. The number of aromatic nitrogens is 2. The second-order valence-electron chi connectivity index (χ2n) is 5.81. The summed E-state index contributed by atoms with van der Waals surface area (Å²) in [4.78, 5) is 10.5. The first-order valence-corrected chi connectivity index (χ1v) is 7.47. The molecule has 5 heteroatoms. The maximum Gasteiger partial charge on any atom is 0.148 e. The zero-order valence-electron chi connectivity index (χ0n) is 11.1. The third kappa shape index (κ3) is 2.97. The van der Waals surface area contributed by atoms with E-state index in [0.29, 0.717) is 16.6 Å². The van der Waals surface area contributed by atoms with Gasteiger partial charge in [-0.1, -0.05) is 25.4 Å². The minimum absolute atomic E-state index is 0.475. The van der Waals surface area contributed by atoms with Gasteiger partial charge in [0.15, 0.2) is 0 Å². The Hall–Kier alpha value is -0.350. The number of hydrogen-bond acceptors (Lipinski definition) is 3. The Labute approximate surface area is 122 Å². The van der Waals surface area contributed by atoms with E-state index < -0.39 is 0 Å². The molecule has 0 saturated heterocycles. The van der Waals surface area contributed by atoms with Crippen LogP contribution >= 0.6 is 27.5 Å². The molecule has 18 heavy (non-hydrogen) atoms. The summed E-state index contributed by atoms with van der Waals surface area (Å²) in [6.07, 6.45) is 6.46. The van der Waals surface area contributed by atoms with Gasteiger partial charge < -0.3 is 4.90 Å². The molecule has 1 aromatic heterocycles. The first-order valence-electron chi connectivity index (χ1n) is 6.29. The Morgan fingerprint density at radius 2 is 1.94 bits per heavy atom. The molecule has 0 aliphatic heterocycles. The predicted octanol–water partition coefficient (Wildman–Crippen LogP) is 4.30. The van der Waals surface area contributed by atoms with Gasteiger partial charge in [-0.15, -0.1) is 0 Å². The molecule has 0 spiro atoms. The Balaban J connectivity index is 2.12. The highest BCUT2D eigenvalue weighted by Gasteiger charge is 2.30. The number of rotatable bonds is 2. The van der Waals surface area contributed by atoms with Gasteiger partial charge in [-0.05, 0) is 47.0 Å². The Bertz CT molecular complexity index is 426. The van der Waals surface area contributed by atoms with E-state index in [-0.39, 0.29) is 0 Å². The molecular formula is C13H19BrClN3. The van der Waals surface area contributed by atoms with Crippen LogP contribution in [0, 0.1) is 5.41 Å². The van der Waals surface area contributed by atoms with Gasteiger partial charge in [0.25, 0.3) is 0 Å². The van der Waals surface area contributed by atoms with E-state index >= 15 is 0 Å². The lowest BCUT2D eigenvalue weighted by molar-refractivity contribution is 0.222. The summed E-state index contributed by atoms with van der Waals surface area (Å²) in [6.45, 7) is 4.70. The lowest BCUT2D eigenvalue weighted by Gasteiger charge is -2.39. The number of nitrogens with zero attached hydrogens (tertiary/aromatic N) is 3. The standard InChI is InChI=1S/C13H19BrClN3/c1-13(2)6-4-9(5-7-13)18(3)12-10(14)11(15)16-8-17-12/h8-9H,4-7H2,1-3H3. The molecule has 1 fully saturated rings. The van der Waals surface area contributed by atoms with E-state index in [1.165, 1.54) is 32.0 Å². The molecule has 1 aliphatic rings. The molecule has 0 unspecified atom stereocenters.